The summed E-state index contributed by atoms with van der Waals surface area (Å²) in [7, 11) is 0. The summed E-state index contributed by atoms with van der Waals surface area (Å²) in [5, 5.41) is 4.17. The van der Waals surface area contributed by atoms with E-state index in [2.05, 4.69) is 17.5 Å². The van der Waals surface area contributed by atoms with Gasteiger partial charge in [-0.25, -0.2) is 4.98 Å². The second kappa shape index (κ2) is 9.18. The molecule has 0 spiro atoms. The number of carbonyl (C=O) groups is 1. The van der Waals surface area contributed by atoms with Gasteiger partial charge in [-0.15, -0.1) is 11.3 Å². The first-order valence-corrected chi connectivity index (χ1v) is 12.2. The summed E-state index contributed by atoms with van der Waals surface area (Å²) < 4.78 is 5.87. The fourth-order valence-electron chi connectivity index (χ4n) is 3.84. The maximum absolute atomic E-state index is 13.0. The molecule has 7 heteroatoms. The van der Waals surface area contributed by atoms with Gasteiger partial charge in [0.1, 0.15) is 5.75 Å². The zero-order valence-electron chi connectivity index (χ0n) is 17.8. The number of hydrogen-bond acceptors (Lipinski definition) is 4. The van der Waals surface area contributed by atoms with Gasteiger partial charge in [-0.05, 0) is 48.4 Å². The summed E-state index contributed by atoms with van der Waals surface area (Å²) in [5.41, 5.74) is 4.56. The van der Waals surface area contributed by atoms with Crippen molar-refractivity contribution in [2.24, 2.45) is 0 Å². The highest BCUT2D eigenvalue weighted by atomic mass is 35.5. The third kappa shape index (κ3) is 4.62. The normalized spacial score (nSPS) is 15.3. The van der Waals surface area contributed by atoms with Crippen molar-refractivity contribution in [3.63, 3.8) is 0 Å². The van der Waals surface area contributed by atoms with E-state index in [0.29, 0.717) is 28.0 Å². The molecule has 5 rings (SSSR count). The summed E-state index contributed by atoms with van der Waals surface area (Å²) in [6.45, 7) is 2.08. The van der Waals surface area contributed by atoms with Crippen molar-refractivity contribution in [3.05, 3.63) is 98.3 Å². The number of anilines is 1. The summed E-state index contributed by atoms with van der Waals surface area (Å²) >= 11 is 14.1. The molecular formula is C26H20Cl2N2O2S. The van der Waals surface area contributed by atoms with Gasteiger partial charge in [0.05, 0.1) is 22.9 Å². The van der Waals surface area contributed by atoms with Crippen molar-refractivity contribution in [1.82, 2.24) is 4.98 Å². The largest absolute Gasteiger partial charge is 0.479 e. The maximum Gasteiger partial charge on any atom is 0.268 e. The minimum absolute atomic E-state index is 0.117. The fourth-order valence-corrected chi connectivity index (χ4v) is 5.15. The van der Waals surface area contributed by atoms with E-state index in [1.54, 1.807) is 35.3 Å². The lowest BCUT2D eigenvalue weighted by Crippen LogP contribution is -2.44. The van der Waals surface area contributed by atoms with E-state index < -0.39 is 6.10 Å². The molecule has 0 bridgehead atoms. The van der Waals surface area contributed by atoms with Gasteiger partial charge in [-0.3, -0.25) is 4.79 Å². The number of thiazole rings is 1. The molecule has 1 unspecified atom stereocenters. The smallest absolute Gasteiger partial charge is 0.268 e. The molecular weight excluding hydrogens is 475 g/mol. The minimum atomic E-state index is -0.578. The van der Waals surface area contributed by atoms with Gasteiger partial charge in [-0.1, -0.05) is 59.6 Å². The van der Waals surface area contributed by atoms with E-state index >= 15 is 0 Å². The van der Waals surface area contributed by atoms with Crippen LogP contribution in [0.3, 0.4) is 0 Å². The van der Waals surface area contributed by atoms with Gasteiger partial charge in [0.15, 0.2) is 6.10 Å². The molecule has 1 aromatic heterocycles. The molecule has 1 aliphatic rings. The standard InChI is InChI=1S/C26H20Cl2N2O2S/c1-16-26(31)30(14-19-7-9-20(27)13-21(19)28)23-12-18(8-10-24(23)32-16)22-15-33-25(29-22)11-17-5-3-2-4-6-17/h2-10,12-13,15-16H,11,14H2,1H3. The molecule has 166 valence electrons. The van der Waals surface area contributed by atoms with E-state index in [4.69, 9.17) is 32.9 Å². The highest BCUT2D eigenvalue weighted by molar-refractivity contribution is 7.10. The molecule has 0 saturated heterocycles. The molecule has 1 aliphatic heterocycles. The van der Waals surface area contributed by atoms with Gasteiger partial charge >= 0.3 is 0 Å². The van der Waals surface area contributed by atoms with Crippen LogP contribution in [0.15, 0.2) is 72.1 Å². The Hall–Kier alpha value is -2.86. The lowest BCUT2D eigenvalue weighted by Gasteiger charge is -2.33. The van der Waals surface area contributed by atoms with Crippen LogP contribution in [0.4, 0.5) is 5.69 Å². The first-order valence-electron chi connectivity index (χ1n) is 10.5. The van der Waals surface area contributed by atoms with Crippen LogP contribution in [0.25, 0.3) is 11.3 Å². The SMILES string of the molecule is CC1Oc2ccc(-c3csc(Cc4ccccc4)n3)cc2N(Cc2ccc(Cl)cc2Cl)C1=O. The van der Waals surface area contributed by atoms with Crippen molar-refractivity contribution in [2.45, 2.75) is 26.0 Å². The van der Waals surface area contributed by atoms with Crippen LogP contribution in [-0.4, -0.2) is 17.0 Å². The number of rotatable bonds is 5. The molecule has 3 aromatic carbocycles. The molecule has 0 fully saturated rings. The summed E-state index contributed by atoms with van der Waals surface area (Å²) in [4.78, 5) is 19.6. The number of hydrogen-bond donors (Lipinski definition) is 0. The molecule has 0 N–H and O–H groups in total. The van der Waals surface area contributed by atoms with Gasteiger partial charge in [0.2, 0.25) is 0 Å². The Kier molecular flexibility index (Phi) is 6.11. The van der Waals surface area contributed by atoms with E-state index in [9.17, 15) is 4.79 Å². The predicted octanol–water partition coefficient (Wildman–Crippen LogP) is 7.02. The van der Waals surface area contributed by atoms with Gasteiger partial charge in [-0.2, -0.15) is 0 Å². The van der Waals surface area contributed by atoms with Gasteiger partial charge < -0.3 is 9.64 Å². The van der Waals surface area contributed by atoms with Crippen LogP contribution >= 0.6 is 34.5 Å². The van der Waals surface area contributed by atoms with Gasteiger partial charge in [0, 0.05) is 27.4 Å². The first kappa shape index (κ1) is 22.0. The lowest BCUT2D eigenvalue weighted by molar-refractivity contribution is -0.125. The molecule has 4 aromatic rings. The second-order valence-electron chi connectivity index (χ2n) is 7.89. The highest BCUT2D eigenvalue weighted by Gasteiger charge is 2.32. The molecule has 0 saturated carbocycles. The van der Waals surface area contributed by atoms with Crippen molar-refractivity contribution >= 4 is 46.1 Å². The van der Waals surface area contributed by atoms with Crippen molar-refractivity contribution in [2.75, 3.05) is 4.90 Å². The Balaban J connectivity index is 1.46. The predicted molar refractivity (Wildman–Crippen MR) is 135 cm³/mol. The molecule has 0 radical (unpaired) electrons. The molecule has 2 heterocycles. The summed E-state index contributed by atoms with van der Waals surface area (Å²) in [6, 6.07) is 21.4. The second-order valence-corrected chi connectivity index (χ2v) is 9.68. The molecule has 33 heavy (non-hydrogen) atoms. The maximum atomic E-state index is 13.0. The molecule has 0 aliphatic carbocycles. The lowest BCUT2D eigenvalue weighted by atomic mass is 10.1. The van der Waals surface area contributed by atoms with Crippen LogP contribution in [-0.2, 0) is 17.8 Å². The fraction of sp³-hybridized carbons (Fsp3) is 0.154. The third-order valence-corrected chi connectivity index (χ3v) is 6.99. The van der Waals surface area contributed by atoms with E-state index in [1.807, 2.05) is 42.5 Å². The average molecular weight is 495 g/mol. The Morgan fingerprint density at radius 3 is 2.67 bits per heavy atom. The van der Waals surface area contributed by atoms with E-state index in [-0.39, 0.29) is 5.91 Å². The van der Waals surface area contributed by atoms with Crippen LogP contribution in [0.5, 0.6) is 5.75 Å². The minimum Gasteiger partial charge on any atom is -0.479 e. The Bertz CT molecular complexity index is 1320. The zero-order valence-corrected chi connectivity index (χ0v) is 20.1. The number of halogens is 2. The van der Waals surface area contributed by atoms with E-state index in [0.717, 1.165) is 28.2 Å². The number of benzene rings is 3. The monoisotopic (exact) mass is 494 g/mol. The third-order valence-electron chi connectivity index (χ3n) is 5.56. The van der Waals surface area contributed by atoms with Crippen LogP contribution < -0.4 is 9.64 Å². The highest BCUT2D eigenvalue weighted by Crippen LogP contribution is 2.39. The Morgan fingerprint density at radius 1 is 1.06 bits per heavy atom. The number of nitrogens with zero attached hydrogens (tertiary/aromatic N) is 2. The molecule has 4 nitrogen and oxygen atoms in total. The summed E-state index contributed by atoms with van der Waals surface area (Å²) in [5.74, 6) is 0.546. The van der Waals surface area contributed by atoms with E-state index in [1.165, 1.54) is 5.56 Å². The Morgan fingerprint density at radius 2 is 1.88 bits per heavy atom. The number of amides is 1. The number of ether oxygens (including phenoxy) is 1. The van der Waals surface area contributed by atoms with Crippen molar-refractivity contribution in [3.8, 4) is 17.0 Å². The number of fused-ring (bicyclic) bond motifs is 1. The first-order chi connectivity index (χ1) is 16.0. The van der Waals surface area contributed by atoms with Crippen LogP contribution in [0.1, 0.15) is 23.1 Å². The van der Waals surface area contributed by atoms with Crippen LogP contribution in [0.2, 0.25) is 10.0 Å². The zero-order chi connectivity index (χ0) is 22.9. The average Bonchev–Trinajstić information content (AvgIpc) is 3.27. The number of carbonyl (C=O) groups excluding carboxylic acids is 1. The molecule has 1 atom stereocenters. The van der Waals surface area contributed by atoms with Crippen molar-refractivity contribution < 1.29 is 9.53 Å². The van der Waals surface area contributed by atoms with Crippen molar-refractivity contribution in [1.29, 1.82) is 0 Å². The van der Waals surface area contributed by atoms with Crippen LogP contribution in [0, 0.1) is 0 Å². The quantitative estimate of drug-likeness (QED) is 0.299. The van der Waals surface area contributed by atoms with Gasteiger partial charge in [0.25, 0.3) is 5.91 Å². The number of aromatic nitrogens is 1. The Labute approximate surface area is 206 Å². The molecule has 1 amide bonds. The topological polar surface area (TPSA) is 42.4 Å². The summed E-state index contributed by atoms with van der Waals surface area (Å²) in [6.07, 6.45) is 0.211.